The van der Waals surface area contributed by atoms with Crippen LogP contribution in [0.25, 0.3) is 0 Å². The number of hydrogen-bond acceptors (Lipinski definition) is 3. The quantitative estimate of drug-likeness (QED) is 0.703. The zero-order valence-corrected chi connectivity index (χ0v) is 9.83. The first-order valence-corrected chi connectivity index (χ1v) is 5.72. The predicted molar refractivity (Wildman–Crippen MR) is 59.5 cm³/mol. The number of nitrogens with zero attached hydrogens (tertiary/aromatic N) is 1. The molecule has 0 aromatic carbocycles. The van der Waals surface area contributed by atoms with Crippen molar-refractivity contribution in [2.45, 2.75) is 39.2 Å². The van der Waals surface area contributed by atoms with Crippen molar-refractivity contribution >= 4 is 0 Å². The minimum atomic E-state index is -0.0960. The summed E-state index contributed by atoms with van der Waals surface area (Å²) in [4.78, 5) is 2.31. The summed E-state index contributed by atoms with van der Waals surface area (Å²) in [6.07, 6.45) is 3.08. The summed E-state index contributed by atoms with van der Waals surface area (Å²) in [5, 5.41) is 9.36. The molecule has 3 nitrogen and oxygen atoms in total. The van der Waals surface area contributed by atoms with E-state index in [0.29, 0.717) is 0 Å². The number of piperidine rings is 1. The van der Waals surface area contributed by atoms with Gasteiger partial charge >= 0.3 is 0 Å². The number of rotatable bonds is 4. The van der Waals surface area contributed by atoms with E-state index in [0.717, 1.165) is 45.5 Å². The topological polar surface area (TPSA) is 32.7 Å². The van der Waals surface area contributed by atoms with Crippen molar-refractivity contribution in [1.29, 1.82) is 0 Å². The lowest BCUT2D eigenvalue weighted by atomic mass is 10.1. The van der Waals surface area contributed by atoms with Crippen LogP contribution >= 0.6 is 0 Å². The maximum atomic E-state index is 9.36. The Morgan fingerprint density at radius 1 is 1.43 bits per heavy atom. The maximum Gasteiger partial charge on any atom is 0.0667 e. The van der Waals surface area contributed by atoms with Gasteiger partial charge in [-0.05, 0) is 25.8 Å². The van der Waals surface area contributed by atoms with Crippen LogP contribution in [-0.2, 0) is 4.74 Å². The zero-order valence-electron chi connectivity index (χ0n) is 9.83. The van der Waals surface area contributed by atoms with Crippen molar-refractivity contribution in [2.24, 2.45) is 0 Å². The predicted octanol–water partition coefficient (Wildman–Crippen LogP) is 1.51. The Kier molecular flexibility index (Phi) is 9.35. The van der Waals surface area contributed by atoms with Crippen LogP contribution in [0.5, 0.6) is 0 Å². The van der Waals surface area contributed by atoms with E-state index in [9.17, 15) is 5.11 Å². The first kappa shape index (κ1) is 13.9. The van der Waals surface area contributed by atoms with E-state index in [1.165, 1.54) is 0 Å². The molecule has 0 radical (unpaired) electrons. The monoisotopic (exact) mass is 203 g/mol. The van der Waals surface area contributed by atoms with Crippen molar-refractivity contribution in [3.05, 3.63) is 0 Å². The van der Waals surface area contributed by atoms with Gasteiger partial charge in [0, 0.05) is 26.8 Å². The zero-order chi connectivity index (χ0) is 10.8. The second-order valence-electron chi connectivity index (χ2n) is 3.44. The molecule has 0 aromatic rings. The molecule has 1 unspecified atom stereocenters. The van der Waals surface area contributed by atoms with Crippen molar-refractivity contribution in [1.82, 2.24) is 4.90 Å². The van der Waals surface area contributed by atoms with Gasteiger partial charge in [-0.25, -0.2) is 0 Å². The molecule has 14 heavy (non-hydrogen) atoms. The summed E-state index contributed by atoms with van der Waals surface area (Å²) in [5.41, 5.74) is 0. The van der Waals surface area contributed by atoms with Gasteiger partial charge in [-0.1, -0.05) is 13.8 Å². The van der Waals surface area contributed by atoms with E-state index >= 15 is 0 Å². The lowest BCUT2D eigenvalue weighted by Gasteiger charge is -2.29. The summed E-state index contributed by atoms with van der Waals surface area (Å²) in [7, 11) is 1.73. The minimum absolute atomic E-state index is 0.0960. The SMILES string of the molecule is CC.COCCCN1CCCC(O)C1. The molecular weight excluding hydrogens is 178 g/mol. The summed E-state index contributed by atoms with van der Waals surface area (Å²) in [5.74, 6) is 0. The number of aliphatic hydroxyl groups is 1. The number of methoxy groups -OCH3 is 1. The molecule has 0 amide bonds. The molecule has 0 saturated carbocycles. The molecule has 1 atom stereocenters. The van der Waals surface area contributed by atoms with E-state index in [-0.39, 0.29) is 6.10 Å². The van der Waals surface area contributed by atoms with Gasteiger partial charge in [-0.2, -0.15) is 0 Å². The first-order valence-electron chi connectivity index (χ1n) is 5.72. The van der Waals surface area contributed by atoms with Crippen molar-refractivity contribution < 1.29 is 9.84 Å². The van der Waals surface area contributed by atoms with Crippen LogP contribution in [0.15, 0.2) is 0 Å². The fourth-order valence-electron chi connectivity index (χ4n) is 1.67. The minimum Gasteiger partial charge on any atom is -0.392 e. The molecule has 3 heteroatoms. The third kappa shape index (κ3) is 6.35. The lowest BCUT2D eigenvalue weighted by molar-refractivity contribution is 0.0650. The highest BCUT2D eigenvalue weighted by Gasteiger charge is 2.16. The van der Waals surface area contributed by atoms with Gasteiger partial charge in [0.2, 0.25) is 0 Å². The molecule has 1 aliphatic rings. The van der Waals surface area contributed by atoms with Crippen LogP contribution in [0.4, 0.5) is 0 Å². The van der Waals surface area contributed by atoms with Crippen LogP contribution in [0.2, 0.25) is 0 Å². The van der Waals surface area contributed by atoms with Crippen LogP contribution < -0.4 is 0 Å². The molecule has 0 spiro atoms. The third-order valence-corrected chi connectivity index (χ3v) is 2.30. The van der Waals surface area contributed by atoms with Gasteiger partial charge in [-0.3, -0.25) is 0 Å². The van der Waals surface area contributed by atoms with Crippen LogP contribution in [0, 0.1) is 0 Å². The standard InChI is InChI=1S/C9H19NO2.C2H6/c1-12-7-3-6-10-5-2-4-9(11)8-10;1-2/h9,11H,2-8H2,1H3;1-2H3. The molecule has 1 heterocycles. The molecule has 0 aromatic heterocycles. The van der Waals surface area contributed by atoms with Crippen LogP contribution in [0.3, 0.4) is 0 Å². The molecular formula is C11H25NO2. The Bertz CT molecular complexity index is 120. The number of aliphatic hydroxyl groups excluding tert-OH is 1. The molecule has 1 fully saturated rings. The fraction of sp³-hybridized carbons (Fsp3) is 1.00. The summed E-state index contributed by atoms with van der Waals surface area (Å²) in [6.45, 7) is 7.88. The Hall–Kier alpha value is -0.120. The normalized spacial score (nSPS) is 22.7. The lowest BCUT2D eigenvalue weighted by Crippen LogP contribution is -2.38. The van der Waals surface area contributed by atoms with Gasteiger partial charge in [0.1, 0.15) is 0 Å². The number of ether oxygens (including phenoxy) is 1. The molecule has 1 aliphatic heterocycles. The van der Waals surface area contributed by atoms with Crippen molar-refractivity contribution in [3.63, 3.8) is 0 Å². The van der Waals surface area contributed by atoms with Crippen LogP contribution in [-0.4, -0.2) is 49.5 Å². The van der Waals surface area contributed by atoms with Gasteiger partial charge < -0.3 is 14.7 Å². The van der Waals surface area contributed by atoms with E-state index in [1.807, 2.05) is 13.8 Å². The summed E-state index contributed by atoms with van der Waals surface area (Å²) >= 11 is 0. The second kappa shape index (κ2) is 9.44. The number of likely N-dealkylation sites (tertiary alicyclic amines) is 1. The number of β-amino-alcohol motifs (C(OH)–C–C–N with tert-alkyl or cyclic N) is 1. The molecule has 0 aliphatic carbocycles. The van der Waals surface area contributed by atoms with Gasteiger partial charge in [-0.15, -0.1) is 0 Å². The molecule has 1 N–H and O–H groups in total. The second-order valence-corrected chi connectivity index (χ2v) is 3.44. The van der Waals surface area contributed by atoms with E-state index in [4.69, 9.17) is 4.74 Å². The highest BCUT2D eigenvalue weighted by atomic mass is 16.5. The Morgan fingerprint density at radius 3 is 2.71 bits per heavy atom. The molecule has 1 saturated heterocycles. The molecule has 1 rings (SSSR count). The first-order chi connectivity index (χ1) is 6.83. The van der Waals surface area contributed by atoms with Gasteiger partial charge in [0.15, 0.2) is 0 Å². The smallest absolute Gasteiger partial charge is 0.0667 e. The summed E-state index contributed by atoms with van der Waals surface area (Å²) < 4.78 is 4.97. The fourth-order valence-corrected chi connectivity index (χ4v) is 1.67. The van der Waals surface area contributed by atoms with Gasteiger partial charge in [0.25, 0.3) is 0 Å². The average molecular weight is 203 g/mol. The van der Waals surface area contributed by atoms with E-state index in [2.05, 4.69) is 4.90 Å². The van der Waals surface area contributed by atoms with E-state index in [1.54, 1.807) is 7.11 Å². The molecule has 86 valence electrons. The summed E-state index contributed by atoms with van der Waals surface area (Å²) in [6, 6.07) is 0. The highest BCUT2D eigenvalue weighted by Crippen LogP contribution is 2.09. The third-order valence-electron chi connectivity index (χ3n) is 2.30. The Morgan fingerprint density at radius 2 is 2.14 bits per heavy atom. The van der Waals surface area contributed by atoms with Gasteiger partial charge in [0.05, 0.1) is 6.10 Å². The highest BCUT2D eigenvalue weighted by molar-refractivity contribution is 4.71. The van der Waals surface area contributed by atoms with Crippen molar-refractivity contribution in [3.8, 4) is 0 Å². The average Bonchev–Trinajstić information content (AvgIpc) is 2.21. The van der Waals surface area contributed by atoms with Crippen LogP contribution in [0.1, 0.15) is 33.1 Å². The van der Waals surface area contributed by atoms with Crippen molar-refractivity contribution in [2.75, 3.05) is 33.4 Å². The largest absolute Gasteiger partial charge is 0.392 e. The number of hydrogen-bond donors (Lipinski definition) is 1. The Balaban J connectivity index is 0.000000791. The Labute approximate surface area is 88.1 Å². The molecule has 0 bridgehead atoms. The maximum absolute atomic E-state index is 9.36. The van der Waals surface area contributed by atoms with E-state index < -0.39 is 0 Å².